The summed E-state index contributed by atoms with van der Waals surface area (Å²) < 4.78 is 12.3. The lowest BCUT2D eigenvalue weighted by Gasteiger charge is -2.27. The molecule has 2 aromatic heterocycles. The van der Waals surface area contributed by atoms with Crippen molar-refractivity contribution in [3.63, 3.8) is 0 Å². The fourth-order valence-electron chi connectivity index (χ4n) is 3.04. The normalized spacial score (nSPS) is 16.1. The Kier molecular flexibility index (Phi) is 4.55. The molecule has 0 fully saturated rings. The third-order valence-electron chi connectivity index (χ3n) is 4.25. The van der Waals surface area contributed by atoms with Crippen LogP contribution in [0.4, 0.5) is 0 Å². The highest BCUT2D eigenvalue weighted by Gasteiger charge is 2.34. The van der Waals surface area contributed by atoms with Crippen molar-refractivity contribution in [2.75, 3.05) is 13.7 Å². The molecule has 0 saturated heterocycles. The number of aryl methyl sites for hydroxylation is 1. The number of hydrogen-bond acceptors (Lipinski definition) is 6. The van der Waals surface area contributed by atoms with Crippen LogP contribution in [-0.4, -0.2) is 23.3 Å². The Bertz CT molecular complexity index is 926. The number of methoxy groups -OCH3 is 1. The van der Waals surface area contributed by atoms with E-state index in [0.717, 1.165) is 11.3 Å². The van der Waals surface area contributed by atoms with Gasteiger partial charge >= 0.3 is 0 Å². The Hall–Kier alpha value is -3.11. The van der Waals surface area contributed by atoms with Crippen molar-refractivity contribution in [3.05, 3.63) is 69.2 Å². The summed E-state index contributed by atoms with van der Waals surface area (Å²) in [5.41, 5.74) is 7.85. The molecule has 0 amide bonds. The van der Waals surface area contributed by atoms with Crippen molar-refractivity contribution in [2.24, 2.45) is 5.73 Å². The van der Waals surface area contributed by atoms with Crippen LogP contribution in [0, 0.1) is 18.3 Å². The van der Waals surface area contributed by atoms with Crippen LogP contribution in [0.3, 0.4) is 0 Å². The van der Waals surface area contributed by atoms with Crippen molar-refractivity contribution < 1.29 is 9.47 Å². The number of pyridine rings is 2. The zero-order chi connectivity index (χ0) is 18.0. The number of hydrogen-bond donors (Lipinski definition) is 1. The number of rotatable bonds is 4. The van der Waals surface area contributed by atoms with Gasteiger partial charge in [0.25, 0.3) is 5.56 Å². The van der Waals surface area contributed by atoms with Gasteiger partial charge in [-0.2, -0.15) is 5.26 Å². The van der Waals surface area contributed by atoms with E-state index in [1.54, 1.807) is 42.3 Å². The first-order valence-corrected chi connectivity index (χ1v) is 7.79. The van der Waals surface area contributed by atoms with Gasteiger partial charge in [-0.3, -0.25) is 9.78 Å². The molecule has 0 aromatic carbocycles. The summed E-state index contributed by atoms with van der Waals surface area (Å²) in [6, 6.07) is 7.38. The molecule has 2 aromatic rings. The fourth-order valence-corrected chi connectivity index (χ4v) is 3.04. The van der Waals surface area contributed by atoms with E-state index in [1.165, 1.54) is 0 Å². The number of aromatic nitrogens is 2. The highest BCUT2D eigenvalue weighted by molar-refractivity contribution is 5.54. The molecule has 3 heterocycles. The maximum atomic E-state index is 13.1. The van der Waals surface area contributed by atoms with E-state index >= 15 is 0 Å². The minimum absolute atomic E-state index is 0.0188. The van der Waals surface area contributed by atoms with Crippen LogP contribution in [0.5, 0.6) is 5.75 Å². The predicted octanol–water partition coefficient (Wildman–Crippen LogP) is 1.42. The van der Waals surface area contributed by atoms with Gasteiger partial charge in [-0.15, -0.1) is 0 Å². The number of nitriles is 1. The standard InChI is InChI=1S/C18H18N4O3/c1-11-9-14-16(18(23)22(11)7-8-24-2)15(12-3-5-21-6-4-12)13(10-19)17(20)25-14/h3-6,9,15H,7-8,20H2,1-2H3. The summed E-state index contributed by atoms with van der Waals surface area (Å²) in [4.78, 5) is 17.1. The second kappa shape index (κ2) is 6.79. The van der Waals surface area contributed by atoms with Gasteiger partial charge in [0.1, 0.15) is 17.4 Å². The zero-order valence-electron chi connectivity index (χ0n) is 14.0. The van der Waals surface area contributed by atoms with Crippen LogP contribution in [0.1, 0.15) is 22.7 Å². The minimum Gasteiger partial charge on any atom is -0.440 e. The number of fused-ring (bicyclic) bond motifs is 1. The molecule has 7 nitrogen and oxygen atoms in total. The molecule has 25 heavy (non-hydrogen) atoms. The third-order valence-corrected chi connectivity index (χ3v) is 4.25. The highest BCUT2D eigenvalue weighted by Crippen LogP contribution is 2.40. The predicted molar refractivity (Wildman–Crippen MR) is 90.8 cm³/mol. The smallest absolute Gasteiger partial charge is 0.258 e. The van der Waals surface area contributed by atoms with Gasteiger partial charge in [0, 0.05) is 37.8 Å². The lowest BCUT2D eigenvalue weighted by molar-refractivity contribution is 0.185. The van der Waals surface area contributed by atoms with Crippen LogP contribution in [0.15, 0.2) is 46.8 Å². The van der Waals surface area contributed by atoms with E-state index in [0.29, 0.717) is 24.5 Å². The topological polar surface area (TPSA) is 103 Å². The molecule has 2 N–H and O–H groups in total. The number of allylic oxidation sites excluding steroid dienone is 1. The van der Waals surface area contributed by atoms with E-state index in [2.05, 4.69) is 11.1 Å². The van der Waals surface area contributed by atoms with E-state index in [4.69, 9.17) is 15.2 Å². The number of nitrogens with zero attached hydrogens (tertiary/aromatic N) is 3. The van der Waals surface area contributed by atoms with Crippen LogP contribution in [0.25, 0.3) is 0 Å². The molecule has 1 aliphatic rings. The summed E-state index contributed by atoms with van der Waals surface area (Å²) in [6.07, 6.45) is 3.24. The lowest BCUT2D eigenvalue weighted by atomic mass is 9.84. The van der Waals surface area contributed by atoms with E-state index < -0.39 is 5.92 Å². The average molecular weight is 338 g/mol. The van der Waals surface area contributed by atoms with Crippen molar-refractivity contribution in [1.82, 2.24) is 9.55 Å². The van der Waals surface area contributed by atoms with E-state index in [9.17, 15) is 10.1 Å². The summed E-state index contributed by atoms with van der Waals surface area (Å²) in [5.74, 6) is -0.182. The summed E-state index contributed by atoms with van der Waals surface area (Å²) in [6.45, 7) is 2.64. The molecule has 0 radical (unpaired) electrons. The maximum absolute atomic E-state index is 13.1. The molecule has 0 saturated carbocycles. The first-order chi connectivity index (χ1) is 12.1. The SMILES string of the molecule is COCCn1c(C)cc2c(c1=O)C(c1ccncc1)C(C#N)=C(N)O2. The van der Waals surface area contributed by atoms with Crippen LogP contribution in [0.2, 0.25) is 0 Å². The van der Waals surface area contributed by atoms with Gasteiger partial charge in [0.05, 0.1) is 18.1 Å². The van der Waals surface area contributed by atoms with Crippen LogP contribution in [-0.2, 0) is 11.3 Å². The molecule has 0 aliphatic carbocycles. The van der Waals surface area contributed by atoms with E-state index in [-0.39, 0.29) is 17.0 Å². The zero-order valence-corrected chi connectivity index (χ0v) is 14.0. The van der Waals surface area contributed by atoms with Crippen LogP contribution < -0.4 is 16.0 Å². The number of nitrogens with two attached hydrogens (primary N) is 1. The second-order valence-electron chi connectivity index (χ2n) is 5.72. The van der Waals surface area contributed by atoms with Gasteiger partial charge in [0.2, 0.25) is 5.88 Å². The molecular weight excluding hydrogens is 320 g/mol. The van der Waals surface area contributed by atoms with Crippen molar-refractivity contribution >= 4 is 0 Å². The Morgan fingerprint density at radius 1 is 1.44 bits per heavy atom. The molecule has 1 aliphatic heterocycles. The Morgan fingerprint density at radius 3 is 2.80 bits per heavy atom. The summed E-state index contributed by atoms with van der Waals surface area (Å²) >= 11 is 0. The molecule has 0 spiro atoms. The molecular formula is C18H18N4O3. The third kappa shape index (κ3) is 2.88. The molecule has 3 rings (SSSR count). The quantitative estimate of drug-likeness (QED) is 0.904. The minimum atomic E-state index is -0.585. The second-order valence-corrected chi connectivity index (χ2v) is 5.72. The molecule has 1 atom stereocenters. The average Bonchev–Trinajstić information content (AvgIpc) is 2.61. The Balaban J connectivity index is 2.26. The van der Waals surface area contributed by atoms with Gasteiger partial charge in [-0.1, -0.05) is 0 Å². The lowest BCUT2D eigenvalue weighted by Crippen LogP contribution is -2.33. The molecule has 128 valence electrons. The van der Waals surface area contributed by atoms with Crippen molar-refractivity contribution in [3.8, 4) is 11.8 Å². The van der Waals surface area contributed by atoms with Crippen LogP contribution >= 0.6 is 0 Å². The molecule has 0 bridgehead atoms. The molecule has 7 heteroatoms. The van der Waals surface area contributed by atoms with Gasteiger partial charge in [-0.25, -0.2) is 0 Å². The first kappa shape index (κ1) is 16.7. The van der Waals surface area contributed by atoms with E-state index in [1.807, 2.05) is 6.92 Å². The first-order valence-electron chi connectivity index (χ1n) is 7.79. The highest BCUT2D eigenvalue weighted by atomic mass is 16.5. The number of ether oxygens (including phenoxy) is 2. The van der Waals surface area contributed by atoms with Crippen molar-refractivity contribution in [1.29, 1.82) is 5.26 Å². The monoisotopic (exact) mass is 338 g/mol. The summed E-state index contributed by atoms with van der Waals surface area (Å²) in [5, 5.41) is 9.56. The van der Waals surface area contributed by atoms with Gasteiger partial charge in [0.15, 0.2) is 0 Å². The Morgan fingerprint density at radius 2 is 2.16 bits per heavy atom. The van der Waals surface area contributed by atoms with Gasteiger partial charge in [-0.05, 0) is 24.6 Å². The molecule has 1 unspecified atom stereocenters. The Labute approximate surface area is 144 Å². The van der Waals surface area contributed by atoms with Gasteiger partial charge < -0.3 is 19.8 Å². The fraction of sp³-hybridized carbons (Fsp3) is 0.278. The maximum Gasteiger partial charge on any atom is 0.258 e. The largest absolute Gasteiger partial charge is 0.440 e. The van der Waals surface area contributed by atoms with Crippen molar-refractivity contribution in [2.45, 2.75) is 19.4 Å². The summed E-state index contributed by atoms with van der Waals surface area (Å²) in [7, 11) is 1.58.